The summed E-state index contributed by atoms with van der Waals surface area (Å²) in [4.78, 5) is 28.8. The summed E-state index contributed by atoms with van der Waals surface area (Å²) >= 11 is 6.22. The number of hydrogen-bond donors (Lipinski definition) is 1. The van der Waals surface area contributed by atoms with Gasteiger partial charge in [0, 0.05) is 17.1 Å². The zero-order valence-electron chi connectivity index (χ0n) is 26.0. The Morgan fingerprint density at radius 1 is 0.867 bits per heavy atom. The number of carbonyl (C=O) groups is 2. The van der Waals surface area contributed by atoms with Gasteiger partial charge in [0.15, 0.2) is 0 Å². The summed E-state index contributed by atoms with van der Waals surface area (Å²) in [7, 11) is -4.20. The zero-order chi connectivity index (χ0) is 32.8. The lowest BCUT2D eigenvalue weighted by Gasteiger charge is -2.33. The van der Waals surface area contributed by atoms with Crippen LogP contribution in [0.4, 0.5) is 5.69 Å². The smallest absolute Gasteiger partial charge is 0.264 e. The van der Waals surface area contributed by atoms with Gasteiger partial charge in [-0.2, -0.15) is 0 Å². The standard InChI is InChI=1S/C35H38ClN3O5S/c1-25-14-20-32(21-15-25)45(42,43)39(29-16-18-31(19-17-29)44-30-12-7-6-8-13-30)24-33(40)38(23-27-10-9-11-28(36)22-27)26(2)34(41)37-35(3,4)5/h6-22,26H,23-24H2,1-5H3,(H,37,41)/t26-/m1/s1. The molecule has 4 rings (SSSR count). The first-order valence-corrected chi connectivity index (χ1v) is 16.3. The summed E-state index contributed by atoms with van der Waals surface area (Å²) in [6, 6.07) is 28.2. The molecule has 0 unspecified atom stereocenters. The van der Waals surface area contributed by atoms with Crippen molar-refractivity contribution in [3.05, 3.63) is 119 Å². The van der Waals surface area contributed by atoms with Crippen LogP contribution in [-0.2, 0) is 26.2 Å². The number of carbonyl (C=O) groups excluding carboxylic acids is 2. The number of halogens is 1. The monoisotopic (exact) mass is 647 g/mol. The number of benzene rings is 4. The first-order valence-electron chi connectivity index (χ1n) is 14.5. The molecule has 8 nitrogen and oxygen atoms in total. The van der Waals surface area contributed by atoms with Crippen molar-refractivity contribution < 1.29 is 22.7 Å². The third-order valence-corrected chi connectivity index (χ3v) is 8.92. The highest BCUT2D eigenvalue weighted by molar-refractivity contribution is 7.92. The number of anilines is 1. The van der Waals surface area contributed by atoms with E-state index in [4.69, 9.17) is 16.3 Å². The molecule has 0 fully saturated rings. The maximum atomic E-state index is 14.2. The Morgan fingerprint density at radius 2 is 1.49 bits per heavy atom. The molecule has 0 bridgehead atoms. The van der Waals surface area contributed by atoms with Gasteiger partial charge in [0.05, 0.1) is 10.6 Å². The third kappa shape index (κ3) is 9.09. The minimum atomic E-state index is -4.20. The van der Waals surface area contributed by atoms with E-state index in [1.165, 1.54) is 17.0 Å². The number of hydrogen-bond acceptors (Lipinski definition) is 5. The number of nitrogens with one attached hydrogen (secondary N) is 1. The largest absolute Gasteiger partial charge is 0.457 e. The van der Waals surface area contributed by atoms with E-state index in [1.807, 2.05) is 58.0 Å². The average Bonchev–Trinajstić information content (AvgIpc) is 2.98. The van der Waals surface area contributed by atoms with Crippen LogP contribution in [0, 0.1) is 6.92 Å². The predicted molar refractivity (Wildman–Crippen MR) is 178 cm³/mol. The minimum absolute atomic E-state index is 0.0328. The fourth-order valence-corrected chi connectivity index (χ4v) is 6.19. The van der Waals surface area contributed by atoms with Crippen molar-refractivity contribution >= 4 is 39.1 Å². The molecular formula is C35H38ClN3O5S. The molecule has 0 aromatic heterocycles. The van der Waals surface area contributed by atoms with E-state index in [9.17, 15) is 18.0 Å². The van der Waals surface area contributed by atoms with Crippen molar-refractivity contribution in [3.63, 3.8) is 0 Å². The van der Waals surface area contributed by atoms with Gasteiger partial charge < -0.3 is 15.0 Å². The van der Waals surface area contributed by atoms with Gasteiger partial charge in [0.25, 0.3) is 10.0 Å². The second kappa shape index (κ2) is 14.2. The molecule has 0 radical (unpaired) electrons. The quantitative estimate of drug-likeness (QED) is 0.190. The molecule has 0 saturated carbocycles. The van der Waals surface area contributed by atoms with Crippen molar-refractivity contribution in [2.75, 3.05) is 10.8 Å². The Hall–Kier alpha value is -4.34. The van der Waals surface area contributed by atoms with Gasteiger partial charge in [0.2, 0.25) is 11.8 Å². The molecule has 0 aliphatic rings. The van der Waals surface area contributed by atoms with Crippen molar-refractivity contribution in [1.82, 2.24) is 10.2 Å². The van der Waals surface area contributed by atoms with Crippen molar-refractivity contribution in [2.45, 2.75) is 57.6 Å². The number of rotatable bonds is 11. The summed E-state index contributed by atoms with van der Waals surface area (Å²) in [5, 5.41) is 3.40. The Morgan fingerprint density at radius 3 is 2.09 bits per heavy atom. The molecule has 4 aromatic carbocycles. The average molecular weight is 648 g/mol. The molecule has 236 valence electrons. The van der Waals surface area contributed by atoms with Gasteiger partial charge in [-0.15, -0.1) is 0 Å². The number of nitrogens with zero attached hydrogens (tertiary/aromatic N) is 2. The number of sulfonamides is 1. The molecular weight excluding hydrogens is 610 g/mol. The highest BCUT2D eigenvalue weighted by Gasteiger charge is 2.33. The summed E-state index contributed by atoms with van der Waals surface area (Å²) in [5.74, 6) is 0.197. The Kier molecular flexibility index (Phi) is 10.6. The molecule has 0 saturated heterocycles. The molecule has 4 aromatic rings. The van der Waals surface area contributed by atoms with Crippen molar-refractivity contribution in [3.8, 4) is 11.5 Å². The number of aryl methyl sites for hydroxylation is 1. The maximum Gasteiger partial charge on any atom is 0.264 e. The van der Waals surface area contributed by atoms with Gasteiger partial charge >= 0.3 is 0 Å². The van der Waals surface area contributed by atoms with E-state index >= 15 is 0 Å². The second-order valence-electron chi connectivity index (χ2n) is 11.8. The van der Waals surface area contributed by atoms with Crippen LogP contribution < -0.4 is 14.4 Å². The molecule has 0 spiro atoms. The first-order chi connectivity index (χ1) is 21.2. The molecule has 0 heterocycles. The summed E-state index contributed by atoms with van der Waals surface area (Å²) in [6.45, 7) is 8.52. The van der Waals surface area contributed by atoms with Crippen molar-refractivity contribution in [2.24, 2.45) is 0 Å². The minimum Gasteiger partial charge on any atom is -0.457 e. The molecule has 1 N–H and O–H groups in total. The lowest BCUT2D eigenvalue weighted by Crippen LogP contribution is -2.54. The van der Waals surface area contributed by atoms with E-state index < -0.39 is 34.1 Å². The Bertz CT molecular complexity index is 1720. The van der Waals surface area contributed by atoms with Crippen LogP contribution in [-0.4, -0.2) is 43.3 Å². The summed E-state index contributed by atoms with van der Waals surface area (Å²) < 4.78 is 35.2. The van der Waals surface area contributed by atoms with Gasteiger partial charge in [-0.25, -0.2) is 8.42 Å². The van der Waals surface area contributed by atoms with E-state index in [1.54, 1.807) is 67.6 Å². The predicted octanol–water partition coefficient (Wildman–Crippen LogP) is 6.97. The molecule has 1 atom stereocenters. The van der Waals surface area contributed by atoms with Crippen LogP contribution in [0.1, 0.15) is 38.8 Å². The molecule has 0 aliphatic heterocycles. The van der Waals surface area contributed by atoms with E-state index in [0.717, 1.165) is 9.87 Å². The highest BCUT2D eigenvalue weighted by atomic mass is 35.5. The molecule has 10 heteroatoms. The molecule has 45 heavy (non-hydrogen) atoms. The number of para-hydroxylation sites is 1. The fraction of sp³-hybridized carbons (Fsp3) is 0.257. The van der Waals surface area contributed by atoms with Crippen LogP contribution in [0.2, 0.25) is 5.02 Å². The Balaban J connectivity index is 1.71. The maximum absolute atomic E-state index is 14.2. The Labute approximate surface area is 270 Å². The topological polar surface area (TPSA) is 96.0 Å². The third-order valence-electron chi connectivity index (χ3n) is 6.90. The van der Waals surface area contributed by atoms with Crippen molar-refractivity contribution in [1.29, 1.82) is 0 Å². The van der Waals surface area contributed by atoms with E-state index in [-0.39, 0.29) is 23.0 Å². The number of amides is 2. The first kappa shape index (κ1) is 33.6. The molecule has 2 amide bonds. The second-order valence-corrected chi connectivity index (χ2v) is 14.1. The molecule has 0 aliphatic carbocycles. The normalized spacial score (nSPS) is 12.2. The highest BCUT2D eigenvalue weighted by Crippen LogP contribution is 2.29. The van der Waals surface area contributed by atoms with Gasteiger partial charge in [-0.1, -0.05) is 59.6 Å². The van der Waals surface area contributed by atoms with Crippen LogP contribution in [0.3, 0.4) is 0 Å². The van der Waals surface area contributed by atoms with Gasteiger partial charge in [-0.05, 0) is 101 Å². The van der Waals surface area contributed by atoms with Crippen LogP contribution in [0.5, 0.6) is 11.5 Å². The number of ether oxygens (including phenoxy) is 1. The lowest BCUT2D eigenvalue weighted by atomic mass is 10.1. The zero-order valence-corrected chi connectivity index (χ0v) is 27.6. The van der Waals surface area contributed by atoms with Crippen LogP contribution in [0.15, 0.2) is 108 Å². The van der Waals surface area contributed by atoms with Gasteiger partial charge in [-0.3, -0.25) is 13.9 Å². The van der Waals surface area contributed by atoms with Crippen LogP contribution in [0.25, 0.3) is 0 Å². The van der Waals surface area contributed by atoms with Crippen LogP contribution >= 0.6 is 11.6 Å². The van der Waals surface area contributed by atoms with Gasteiger partial charge in [0.1, 0.15) is 24.1 Å². The summed E-state index contributed by atoms with van der Waals surface area (Å²) in [5.41, 5.74) is 1.31. The fourth-order valence-electron chi connectivity index (χ4n) is 4.56. The van der Waals surface area contributed by atoms with E-state index in [0.29, 0.717) is 22.1 Å². The lowest BCUT2D eigenvalue weighted by molar-refractivity contribution is -0.140. The summed E-state index contributed by atoms with van der Waals surface area (Å²) in [6.07, 6.45) is 0. The SMILES string of the molecule is Cc1ccc(S(=O)(=O)N(CC(=O)N(Cc2cccc(Cl)c2)[C@H](C)C(=O)NC(C)(C)C)c2ccc(Oc3ccccc3)cc2)cc1. The van der Waals surface area contributed by atoms with E-state index in [2.05, 4.69) is 5.32 Å².